The maximum Gasteiger partial charge on any atom is 0.0194 e. The molecule has 20 heavy (non-hydrogen) atoms. The van der Waals surface area contributed by atoms with Gasteiger partial charge in [-0.3, -0.25) is 0 Å². The van der Waals surface area contributed by atoms with E-state index in [0.29, 0.717) is 16.4 Å². The lowest BCUT2D eigenvalue weighted by molar-refractivity contribution is -0.118. The molecule has 1 heterocycles. The Balaban J connectivity index is 1.46. The van der Waals surface area contributed by atoms with Crippen LogP contribution in [0.3, 0.4) is 0 Å². The van der Waals surface area contributed by atoms with Crippen molar-refractivity contribution >= 4 is 0 Å². The Morgan fingerprint density at radius 2 is 1.60 bits per heavy atom. The van der Waals surface area contributed by atoms with Crippen molar-refractivity contribution < 1.29 is 0 Å². The summed E-state index contributed by atoms with van der Waals surface area (Å²) in [6, 6.07) is 0. The summed E-state index contributed by atoms with van der Waals surface area (Å²) in [4.78, 5) is 0. The van der Waals surface area contributed by atoms with Crippen LogP contribution in [0.2, 0.25) is 0 Å². The van der Waals surface area contributed by atoms with E-state index in [9.17, 15) is 0 Å². The quantitative estimate of drug-likeness (QED) is 0.826. The summed E-state index contributed by atoms with van der Waals surface area (Å²) in [6.07, 6.45) is 11.7. The monoisotopic (exact) mass is 276 g/mol. The molecule has 4 aliphatic carbocycles. The minimum atomic E-state index is 0.508. The fourth-order valence-corrected chi connectivity index (χ4v) is 7.09. The average molecular weight is 276 g/mol. The van der Waals surface area contributed by atoms with Crippen molar-refractivity contribution in [1.82, 2.24) is 10.6 Å². The van der Waals surface area contributed by atoms with Crippen LogP contribution in [0, 0.1) is 22.7 Å². The minimum absolute atomic E-state index is 0.508. The van der Waals surface area contributed by atoms with Gasteiger partial charge in [0, 0.05) is 5.54 Å². The van der Waals surface area contributed by atoms with Crippen LogP contribution in [-0.4, -0.2) is 25.2 Å². The average Bonchev–Trinajstić information content (AvgIpc) is 2.33. The molecule has 0 spiro atoms. The van der Waals surface area contributed by atoms with Crippen molar-refractivity contribution in [2.75, 3.05) is 19.6 Å². The molecule has 4 saturated carbocycles. The van der Waals surface area contributed by atoms with Crippen LogP contribution in [0.15, 0.2) is 0 Å². The third-order valence-electron chi connectivity index (χ3n) is 6.85. The highest BCUT2D eigenvalue weighted by Crippen LogP contribution is 2.66. The SMILES string of the molecule is CC12CC3CC(C)(C1)CC(NCC1CCNCC1)(C3)C2. The number of nitrogens with one attached hydrogen (secondary N) is 2. The summed E-state index contributed by atoms with van der Waals surface area (Å²) in [7, 11) is 0. The van der Waals surface area contributed by atoms with Gasteiger partial charge in [0.2, 0.25) is 0 Å². The molecule has 5 aliphatic rings. The summed E-state index contributed by atoms with van der Waals surface area (Å²) in [5.74, 6) is 1.94. The first kappa shape index (κ1) is 13.6. The van der Waals surface area contributed by atoms with Crippen LogP contribution in [0.1, 0.15) is 65.2 Å². The number of piperidine rings is 1. The molecule has 2 atom stereocenters. The molecule has 0 aromatic carbocycles. The van der Waals surface area contributed by atoms with Crippen molar-refractivity contribution in [2.45, 2.75) is 70.8 Å². The lowest BCUT2D eigenvalue weighted by Gasteiger charge is -2.65. The first-order chi connectivity index (χ1) is 9.49. The molecule has 2 nitrogen and oxygen atoms in total. The van der Waals surface area contributed by atoms with Gasteiger partial charge in [-0.25, -0.2) is 0 Å². The molecule has 2 unspecified atom stereocenters. The second-order valence-corrected chi connectivity index (χ2v) is 9.48. The molecule has 0 aromatic rings. The Bertz CT molecular complexity index is 367. The molecule has 2 N–H and O–H groups in total. The van der Waals surface area contributed by atoms with Crippen molar-refractivity contribution in [1.29, 1.82) is 0 Å². The topological polar surface area (TPSA) is 24.1 Å². The maximum absolute atomic E-state index is 4.12. The normalized spacial score (nSPS) is 51.6. The molecule has 0 radical (unpaired) electrons. The largest absolute Gasteiger partial charge is 0.317 e. The Morgan fingerprint density at radius 1 is 0.950 bits per heavy atom. The van der Waals surface area contributed by atoms with Crippen LogP contribution in [0.4, 0.5) is 0 Å². The Hall–Kier alpha value is -0.0800. The van der Waals surface area contributed by atoms with E-state index in [0.717, 1.165) is 11.8 Å². The van der Waals surface area contributed by atoms with Crippen LogP contribution in [0.25, 0.3) is 0 Å². The van der Waals surface area contributed by atoms with Gasteiger partial charge in [0.1, 0.15) is 0 Å². The number of hydrogen-bond donors (Lipinski definition) is 2. The zero-order valence-electron chi connectivity index (χ0n) is 13.4. The summed E-state index contributed by atoms with van der Waals surface area (Å²) in [5.41, 5.74) is 1.80. The van der Waals surface area contributed by atoms with Crippen molar-refractivity contribution in [3.63, 3.8) is 0 Å². The van der Waals surface area contributed by atoms with Gasteiger partial charge in [0.05, 0.1) is 0 Å². The van der Waals surface area contributed by atoms with Crippen LogP contribution >= 0.6 is 0 Å². The zero-order chi connectivity index (χ0) is 13.8. The lowest BCUT2D eigenvalue weighted by Crippen LogP contribution is -2.64. The molecule has 1 saturated heterocycles. The smallest absolute Gasteiger partial charge is 0.0194 e. The molecular formula is C18H32N2. The van der Waals surface area contributed by atoms with Gasteiger partial charge in [-0.05, 0) is 93.7 Å². The fourth-order valence-electron chi connectivity index (χ4n) is 7.09. The highest BCUT2D eigenvalue weighted by Gasteiger charge is 2.59. The highest BCUT2D eigenvalue weighted by atomic mass is 15.0. The third kappa shape index (κ3) is 2.33. The molecular weight excluding hydrogens is 244 g/mol. The van der Waals surface area contributed by atoms with E-state index < -0.39 is 0 Å². The Morgan fingerprint density at radius 3 is 2.20 bits per heavy atom. The number of rotatable bonds is 3. The van der Waals surface area contributed by atoms with E-state index in [4.69, 9.17) is 0 Å². The summed E-state index contributed by atoms with van der Waals surface area (Å²) >= 11 is 0. The van der Waals surface area contributed by atoms with E-state index in [2.05, 4.69) is 24.5 Å². The predicted octanol–water partition coefficient (Wildman–Crippen LogP) is 3.32. The second kappa shape index (κ2) is 4.46. The number of hydrogen-bond acceptors (Lipinski definition) is 2. The summed E-state index contributed by atoms with van der Waals surface area (Å²) < 4.78 is 0. The van der Waals surface area contributed by atoms with Gasteiger partial charge < -0.3 is 10.6 Å². The Kier molecular flexibility index (Phi) is 3.03. The molecule has 5 rings (SSSR count). The van der Waals surface area contributed by atoms with E-state index in [1.807, 2.05) is 0 Å². The Labute approximate surface area is 124 Å². The van der Waals surface area contributed by atoms with Crippen molar-refractivity contribution in [2.24, 2.45) is 22.7 Å². The first-order valence-electron chi connectivity index (χ1n) is 8.94. The van der Waals surface area contributed by atoms with E-state index in [-0.39, 0.29) is 0 Å². The fraction of sp³-hybridized carbons (Fsp3) is 1.00. The standard InChI is InChI=1S/C18H32N2/c1-16-7-15-8-17(2,11-16)13-18(9-15,12-16)20-10-14-3-5-19-6-4-14/h14-15,19-20H,3-13H2,1-2H3. The van der Waals surface area contributed by atoms with E-state index in [1.54, 1.807) is 0 Å². The van der Waals surface area contributed by atoms with Crippen molar-refractivity contribution in [3.05, 3.63) is 0 Å². The summed E-state index contributed by atoms with van der Waals surface area (Å²) in [6.45, 7) is 8.91. The first-order valence-corrected chi connectivity index (χ1v) is 8.94. The van der Waals surface area contributed by atoms with Crippen LogP contribution < -0.4 is 10.6 Å². The lowest BCUT2D eigenvalue weighted by atomic mass is 9.43. The molecule has 5 fully saturated rings. The van der Waals surface area contributed by atoms with Gasteiger partial charge in [-0.15, -0.1) is 0 Å². The third-order valence-corrected chi connectivity index (χ3v) is 6.85. The molecule has 0 amide bonds. The minimum Gasteiger partial charge on any atom is -0.317 e. The van der Waals surface area contributed by atoms with Crippen LogP contribution in [-0.2, 0) is 0 Å². The summed E-state index contributed by atoms with van der Waals surface area (Å²) in [5, 5.41) is 7.61. The molecule has 0 aromatic heterocycles. The molecule has 114 valence electrons. The highest BCUT2D eigenvalue weighted by molar-refractivity contribution is 5.14. The van der Waals surface area contributed by atoms with Crippen molar-refractivity contribution in [3.8, 4) is 0 Å². The maximum atomic E-state index is 4.12. The van der Waals surface area contributed by atoms with Gasteiger partial charge in [-0.2, -0.15) is 0 Å². The van der Waals surface area contributed by atoms with Gasteiger partial charge in [0.25, 0.3) is 0 Å². The zero-order valence-corrected chi connectivity index (χ0v) is 13.4. The molecule has 2 heteroatoms. The van der Waals surface area contributed by atoms with E-state index >= 15 is 0 Å². The van der Waals surface area contributed by atoms with Gasteiger partial charge in [-0.1, -0.05) is 13.8 Å². The predicted molar refractivity (Wildman–Crippen MR) is 83.7 cm³/mol. The second-order valence-electron chi connectivity index (χ2n) is 9.48. The molecule has 1 aliphatic heterocycles. The molecule has 4 bridgehead atoms. The van der Waals surface area contributed by atoms with Gasteiger partial charge >= 0.3 is 0 Å². The van der Waals surface area contributed by atoms with Crippen LogP contribution in [0.5, 0.6) is 0 Å². The van der Waals surface area contributed by atoms with Gasteiger partial charge in [0.15, 0.2) is 0 Å². The van der Waals surface area contributed by atoms with E-state index in [1.165, 1.54) is 71.0 Å².